The number of nitrogens with zero attached hydrogens (tertiary/aromatic N) is 2. The number of aromatic carboxylic acids is 1. The maximum Gasteiger partial charge on any atom is 0.410 e. The van der Waals surface area contributed by atoms with Crippen molar-refractivity contribution in [1.82, 2.24) is 9.88 Å². The molecule has 2 fully saturated rings. The second kappa shape index (κ2) is 10.3. The van der Waals surface area contributed by atoms with Gasteiger partial charge in [0.15, 0.2) is 10.0 Å². The van der Waals surface area contributed by atoms with Crippen molar-refractivity contribution in [3.8, 4) is 0 Å². The fourth-order valence-electron chi connectivity index (χ4n) is 4.46. The van der Waals surface area contributed by atoms with Gasteiger partial charge >= 0.3 is 12.1 Å². The molecule has 1 unspecified atom stereocenters. The topological polar surface area (TPSA) is 100.0 Å². The van der Waals surface area contributed by atoms with Crippen LogP contribution in [-0.4, -0.2) is 62.7 Å². The lowest BCUT2D eigenvalue weighted by atomic mass is 9.62. The van der Waals surface area contributed by atoms with Crippen molar-refractivity contribution in [2.24, 2.45) is 5.41 Å². The number of carbonyl (C=O) groups excluding carboxylic acids is 1. The zero-order valence-corrected chi connectivity index (χ0v) is 20.1. The first-order valence-electron chi connectivity index (χ1n) is 11.1. The van der Waals surface area contributed by atoms with Crippen molar-refractivity contribution in [2.75, 3.05) is 12.3 Å². The number of aliphatic hydroxyl groups is 1. The number of ether oxygens (including phenoxy) is 1. The van der Waals surface area contributed by atoms with Crippen LogP contribution in [0, 0.1) is 5.41 Å². The molecule has 2 heterocycles. The van der Waals surface area contributed by atoms with Gasteiger partial charge < -0.3 is 14.9 Å². The average molecular weight is 489 g/mol. The third-order valence-corrected chi connectivity index (χ3v) is 8.49. The Morgan fingerprint density at radius 3 is 2.79 bits per heavy atom. The van der Waals surface area contributed by atoms with Crippen LogP contribution in [0.2, 0.25) is 0 Å². The molecule has 9 heteroatoms. The number of thiazole rings is 1. The molecular weight excluding hydrogens is 460 g/mol. The molecule has 2 N–H and O–H groups in total. The van der Waals surface area contributed by atoms with Crippen molar-refractivity contribution >= 4 is 35.2 Å². The molecule has 1 saturated heterocycles. The van der Waals surface area contributed by atoms with Crippen molar-refractivity contribution in [2.45, 2.75) is 55.2 Å². The highest BCUT2D eigenvalue weighted by Gasteiger charge is 2.43. The number of rotatable bonds is 10. The van der Waals surface area contributed by atoms with Gasteiger partial charge in [0.1, 0.15) is 6.10 Å². The van der Waals surface area contributed by atoms with E-state index in [4.69, 9.17) is 9.84 Å². The number of carbonyl (C=O) groups is 2. The van der Waals surface area contributed by atoms with Gasteiger partial charge in [-0.15, -0.1) is 11.3 Å². The molecule has 33 heavy (non-hydrogen) atoms. The van der Waals surface area contributed by atoms with Gasteiger partial charge in [0.2, 0.25) is 0 Å². The molecule has 3 atom stereocenters. The van der Waals surface area contributed by atoms with E-state index in [1.165, 1.54) is 34.0 Å². The number of carboxylic acids is 1. The number of cyclic esters (lactones) is 1. The lowest BCUT2D eigenvalue weighted by Crippen LogP contribution is -2.43. The van der Waals surface area contributed by atoms with Crippen LogP contribution in [0.25, 0.3) is 0 Å². The minimum absolute atomic E-state index is 0.0342. The van der Waals surface area contributed by atoms with Crippen LogP contribution in [0.1, 0.15) is 42.2 Å². The number of hydrogen-bond acceptors (Lipinski definition) is 7. The van der Waals surface area contributed by atoms with E-state index in [1.807, 2.05) is 37.3 Å². The maximum atomic E-state index is 12.4. The molecule has 2 aliphatic rings. The number of thioether (sulfide) groups is 1. The maximum absolute atomic E-state index is 12.4. The molecule has 0 bridgehead atoms. The number of aliphatic hydroxyl groups excluding tert-OH is 1. The third kappa shape index (κ3) is 5.42. The van der Waals surface area contributed by atoms with E-state index in [0.29, 0.717) is 16.6 Å². The molecule has 1 aliphatic carbocycles. The Bertz CT molecular complexity index is 1010. The van der Waals surface area contributed by atoms with Crippen molar-refractivity contribution < 1.29 is 24.5 Å². The van der Waals surface area contributed by atoms with Crippen molar-refractivity contribution in [3.05, 3.63) is 59.1 Å². The molecule has 7 nitrogen and oxygen atoms in total. The van der Waals surface area contributed by atoms with Gasteiger partial charge in [-0.05, 0) is 31.7 Å². The van der Waals surface area contributed by atoms with Crippen LogP contribution < -0.4 is 0 Å². The molecule has 1 amide bonds. The Hall–Kier alpha value is -2.36. The highest BCUT2D eigenvalue weighted by molar-refractivity contribution is 8.01. The SMILES string of the molecule is C[C@@H]1OC(=O)N(CCSc2nc(C(=O)O)cs2)[C@H]1C=CC(O)C1(Cc2ccccc2)CCC1. The van der Waals surface area contributed by atoms with E-state index >= 15 is 0 Å². The number of benzene rings is 1. The molecule has 1 saturated carbocycles. The smallest absolute Gasteiger partial charge is 0.410 e. The van der Waals surface area contributed by atoms with Crippen LogP contribution >= 0.6 is 23.1 Å². The highest BCUT2D eigenvalue weighted by atomic mass is 32.2. The molecule has 1 aromatic heterocycles. The summed E-state index contributed by atoms with van der Waals surface area (Å²) in [7, 11) is 0. The predicted molar refractivity (Wildman–Crippen MR) is 128 cm³/mol. The minimum Gasteiger partial charge on any atom is -0.476 e. The standard InChI is InChI=1S/C24H28N2O5S2/c1-16-19(8-9-20(27)24(10-5-11-24)14-17-6-3-2-4-7-17)26(23(30)31-16)12-13-32-22-25-18(15-33-22)21(28)29/h2-4,6-9,15-16,19-20,27H,5,10-14H2,1H3,(H,28,29)/t16-,19-,20?/m0/s1. The largest absolute Gasteiger partial charge is 0.476 e. The van der Waals surface area contributed by atoms with Crippen LogP contribution in [0.5, 0.6) is 0 Å². The van der Waals surface area contributed by atoms with E-state index in [1.54, 1.807) is 4.90 Å². The lowest BCUT2D eigenvalue weighted by Gasteiger charge is -2.45. The Balaban J connectivity index is 1.37. The molecule has 176 valence electrons. The summed E-state index contributed by atoms with van der Waals surface area (Å²) in [5.74, 6) is -0.477. The molecule has 4 rings (SSSR count). The Kier molecular flexibility index (Phi) is 7.41. The number of aromatic nitrogens is 1. The molecule has 1 aromatic carbocycles. The average Bonchev–Trinajstić information content (AvgIpc) is 3.34. The van der Waals surface area contributed by atoms with Crippen molar-refractivity contribution in [1.29, 1.82) is 0 Å². The lowest BCUT2D eigenvalue weighted by molar-refractivity contribution is -0.00525. The van der Waals surface area contributed by atoms with E-state index in [-0.39, 0.29) is 29.3 Å². The summed E-state index contributed by atoms with van der Waals surface area (Å²) in [4.78, 5) is 29.1. The normalized spacial score (nSPS) is 22.8. The Morgan fingerprint density at radius 1 is 1.39 bits per heavy atom. The summed E-state index contributed by atoms with van der Waals surface area (Å²) in [5.41, 5.74) is 1.11. The quantitative estimate of drug-likeness (QED) is 0.376. The minimum atomic E-state index is -1.05. The second-order valence-electron chi connectivity index (χ2n) is 8.63. The monoisotopic (exact) mass is 488 g/mol. The predicted octanol–water partition coefficient (Wildman–Crippen LogP) is 4.47. The van der Waals surface area contributed by atoms with Gasteiger partial charge in [0, 0.05) is 23.1 Å². The number of carboxylic acid groups (broad SMARTS) is 1. The summed E-state index contributed by atoms with van der Waals surface area (Å²) >= 11 is 2.69. The van der Waals surface area contributed by atoms with E-state index in [2.05, 4.69) is 17.1 Å². The van der Waals surface area contributed by atoms with Crippen LogP contribution in [0.15, 0.2) is 52.2 Å². The summed E-state index contributed by atoms with van der Waals surface area (Å²) in [5, 5.41) is 21.6. The van der Waals surface area contributed by atoms with Gasteiger partial charge in [-0.3, -0.25) is 4.90 Å². The van der Waals surface area contributed by atoms with Gasteiger partial charge in [-0.25, -0.2) is 14.6 Å². The van der Waals surface area contributed by atoms with E-state index in [0.717, 1.165) is 25.7 Å². The fourth-order valence-corrected chi connectivity index (χ4v) is 6.27. The zero-order valence-electron chi connectivity index (χ0n) is 18.4. The fraction of sp³-hybridized carbons (Fsp3) is 0.458. The summed E-state index contributed by atoms with van der Waals surface area (Å²) < 4.78 is 6.09. The first-order valence-corrected chi connectivity index (χ1v) is 12.9. The molecule has 1 aliphatic heterocycles. The zero-order chi connectivity index (χ0) is 23.4. The van der Waals surface area contributed by atoms with Gasteiger partial charge in [0.05, 0.1) is 12.1 Å². The summed E-state index contributed by atoms with van der Waals surface area (Å²) in [6, 6.07) is 9.99. The second-order valence-corrected chi connectivity index (χ2v) is 10.8. The first-order chi connectivity index (χ1) is 15.9. The number of hydrogen-bond donors (Lipinski definition) is 2. The van der Waals surface area contributed by atoms with Gasteiger partial charge in [-0.2, -0.15) is 0 Å². The van der Waals surface area contributed by atoms with E-state index in [9.17, 15) is 14.7 Å². The van der Waals surface area contributed by atoms with E-state index < -0.39 is 12.1 Å². The van der Waals surface area contributed by atoms with Crippen LogP contribution in [0.4, 0.5) is 4.79 Å². The highest BCUT2D eigenvalue weighted by Crippen LogP contribution is 2.47. The molecular formula is C24H28N2O5S2. The third-order valence-electron chi connectivity index (χ3n) is 6.49. The summed E-state index contributed by atoms with van der Waals surface area (Å²) in [6.45, 7) is 2.30. The summed E-state index contributed by atoms with van der Waals surface area (Å²) in [6.07, 6.45) is 6.38. The molecule has 0 spiro atoms. The van der Waals surface area contributed by atoms with Crippen molar-refractivity contribution in [3.63, 3.8) is 0 Å². The van der Waals surface area contributed by atoms with Gasteiger partial charge in [-0.1, -0.05) is 60.7 Å². The van der Waals surface area contributed by atoms with Crippen LogP contribution in [-0.2, 0) is 11.2 Å². The Labute approximate surface area is 201 Å². The molecule has 2 aromatic rings. The Morgan fingerprint density at radius 2 is 2.15 bits per heavy atom. The molecule has 0 radical (unpaired) electrons. The van der Waals surface area contributed by atoms with Gasteiger partial charge in [0.25, 0.3) is 0 Å². The first kappa shape index (κ1) is 23.8. The van der Waals surface area contributed by atoms with Crippen LogP contribution in [0.3, 0.4) is 0 Å². The number of amides is 1.